The monoisotopic (exact) mass is 438 g/mol. The van der Waals surface area contributed by atoms with E-state index in [-0.39, 0.29) is 5.91 Å². The fourth-order valence-electron chi connectivity index (χ4n) is 3.72. The standard InChI is InChI=1S/C27H22N2O2S/c30-27(28-22-11-7-10-21(16-22)19-31-23-12-5-2-6-13-23)25-17-26-24(14-15-32-26)29(25)18-20-8-3-1-4-9-20/h1-17H,18-19H2,(H,28,30). The molecule has 0 radical (unpaired) electrons. The van der Waals surface area contributed by atoms with Crippen molar-refractivity contribution < 1.29 is 9.53 Å². The summed E-state index contributed by atoms with van der Waals surface area (Å²) in [5.41, 5.74) is 4.63. The Morgan fingerprint density at radius 1 is 0.844 bits per heavy atom. The average molecular weight is 439 g/mol. The van der Waals surface area contributed by atoms with Gasteiger partial charge in [-0.25, -0.2) is 0 Å². The van der Waals surface area contributed by atoms with Crippen molar-refractivity contribution in [3.63, 3.8) is 0 Å². The van der Waals surface area contributed by atoms with Gasteiger partial charge in [-0.15, -0.1) is 11.3 Å². The second-order valence-electron chi connectivity index (χ2n) is 7.53. The van der Waals surface area contributed by atoms with Crippen molar-refractivity contribution >= 4 is 33.1 Å². The Hall–Kier alpha value is -3.83. The maximum atomic E-state index is 13.2. The first-order valence-electron chi connectivity index (χ1n) is 10.4. The molecule has 0 spiro atoms. The Kier molecular flexibility index (Phi) is 5.73. The van der Waals surface area contributed by atoms with Gasteiger partial charge in [0, 0.05) is 12.2 Å². The van der Waals surface area contributed by atoms with Gasteiger partial charge in [0.25, 0.3) is 5.91 Å². The zero-order chi connectivity index (χ0) is 21.8. The molecule has 5 rings (SSSR count). The molecule has 158 valence electrons. The summed E-state index contributed by atoms with van der Waals surface area (Å²) in [6.07, 6.45) is 0. The van der Waals surface area contributed by atoms with E-state index in [1.54, 1.807) is 11.3 Å². The molecule has 2 aromatic heterocycles. The highest BCUT2D eigenvalue weighted by atomic mass is 32.1. The Labute approximate surface area is 190 Å². The molecule has 0 saturated heterocycles. The van der Waals surface area contributed by atoms with Crippen molar-refractivity contribution in [3.8, 4) is 5.75 Å². The Morgan fingerprint density at radius 3 is 2.41 bits per heavy atom. The van der Waals surface area contributed by atoms with Crippen LogP contribution in [0.4, 0.5) is 5.69 Å². The molecule has 0 aliphatic rings. The highest BCUT2D eigenvalue weighted by Gasteiger charge is 2.17. The van der Waals surface area contributed by atoms with Crippen molar-refractivity contribution in [3.05, 3.63) is 119 Å². The number of hydrogen-bond donors (Lipinski definition) is 1. The highest BCUT2D eigenvalue weighted by Crippen LogP contribution is 2.27. The third kappa shape index (κ3) is 4.43. The van der Waals surface area contributed by atoms with Gasteiger partial charge in [0.15, 0.2) is 0 Å². The van der Waals surface area contributed by atoms with Gasteiger partial charge in [0.1, 0.15) is 18.1 Å². The van der Waals surface area contributed by atoms with E-state index in [1.165, 1.54) is 0 Å². The van der Waals surface area contributed by atoms with Crippen molar-refractivity contribution in [2.75, 3.05) is 5.32 Å². The van der Waals surface area contributed by atoms with Crippen molar-refractivity contribution in [2.45, 2.75) is 13.2 Å². The van der Waals surface area contributed by atoms with Crippen LogP contribution in [0, 0.1) is 0 Å². The largest absolute Gasteiger partial charge is 0.489 e. The number of carbonyl (C=O) groups excluding carboxylic acids is 1. The first kappa shape index (κ1) is 20.1. The van der Waals surface area contributed by atoms with E-state index in [4.69, 9.17) is 4.74 Å². The average Bonchev–Trinajstić information content (AvgIpc) is 3.42. The summed E-state index contributed by atoms with van der Waals surface area (Å²) in [7, 11) is 0. The number of carbonyl (C=O) groups is 1. The first-order chi connectivity index (χ1) is 15.8. The van der Waals surface area contributed by atoms with Gasteiger partial charge in [0.2, 0.25) is 0 Å². The molecular weight excluding hydrogens is 416 g/mol. The number of anilines is 1. The van der Waals surface area contributed by atoms with E-state index in [0.717, 1.165) is 32.8 Å². The van der Waals surface area contributed by atoms with E-state index < -0.39 is 0 Å². The molecule has 0 saturated carbocycles. The van der Waals surface area contributed by atoms with Crippen LogP contribution in [0.25, 0.3) is 10.2 Å². The molecule has 1 amide bonds. The molecule has 2 heterocycles. The van der Waals surface area contributed by atoms with Crippen LogP contribution in [-0.2, 0) is 13.2 Å². The minimum atomic E-state index is -0.120. The number of aromatic nitrogens is 1. The minimum absolute atomic E-state index is 0.120. The molecule has 0 bridgehead atoms. The van der Waals surface area contributed by atoms with Crippen LogP contribution in [0.1, 0.15) is 21.6 Å². The van der Waals surface area contributed by atoms with E-state index >= 15 is 0 Å². The number of rotatable bonds is 7. The van der Waals surface area contributed by atoms with Crippen LogP contribution in [0.15, 0.2) is 102 Å². The van der Waals surface area contributed by atoms with Gasteiger partial charge in [0.05, 0.1) is 10.2 Å². The molecular formula is C27H22N2O2S. The number of fused-ring (bicyclic) bond motifs is 1. The second-order valence-corrected chi connectivity index (χ2v) is 8.48. The maximum absolute atomic E-state index is 13.2. The first-order valence-corrected chi connectivity index (χ1v) is 11.3. The fourth-order valence-corrected chi connectivity index (χ4v) is 4.54. The van der Waals surface area contributed by atoms with Crippen molar-refractivity contribution in [1.29, 1.82) is 0 Å². The molecule has 5 aromatic rings. The lowest BCUT2D eigenvalue weighted by Gasteiger charge is -2.12. The summed E-state index contributed by atoms with van der Waals surface area (Å²) in [4.78, 5) is 13.2. The van der Waals surface area contributed by atoms with Crippen LogP contribution in [0.5, 0.6) is 5.75 Å². The normalized spacial score (nSPS) is 10.9. The van der Waals surface area contributed by atoms with Gasteiger partial charge in [-0.05, 0) is 52.9 Å². The van der Waals surface area contributed by atoms with Gasteiger partial charge in [-0.2, -0.15) is 0 Å². The second kappa shape index (κ2) is 9.12. The van der Waals surface area contributed by atoms with Crippen LogP contribution in [-0.4, -0.2) is 10.5 Å². The van der Waals surface area contributed by atoms with E-state index in [1.807, 2.05) is 78.9 Å². The number of thiophene rings is 1. The van der Waals surface area contributed by atoms with Crippen molar-refractivity contribution in [2.24, 2.45) is 0 Å². The van der Waals surface area contributed by atoms with Gasteiger partial charge in [-0.3, -0.25) is 4.79 Å². The Balaban J connectivity index is 1.35. The number of nitrogens with zero attached hydrogens (tertiary/aromatic N) is 1. The molecule has 0 aliphatic heterocycles. The summed E-state index contributed by atoms with van der Waals surface area (Å²) < 4.78 is 9.03. The quantitative estimate of drug-likeness (QED) is 0.312. The fraction of sp³-hybridized carbons (Fsp3) is 0.0741. The minimum Gasteiger partial charge on any atom is -0.489 e. The zero-order valence-corrected chi connectivity index (χ0v) is 18.2. The molecule has 1 N–H and O–H groups in total. The summed E-state index contributed by atoms with van der Waals surface area (Å²) in [6, 6.07) is 31.7. The smallest absolute Gasteiger partial charge is 0.272 e. The molecule has 4 nitrogen and oxygen atoms in total. The molecule has 3 aromatic carbocycles. The molecule has 0 unspecified atom stereocenters. The third-order valence-electron chi connectivity index (χ3n) is 5.27. The topological polar surface area (TPSA) is 43.3 Å². The summed E-state index contributed by atoms with van der Waals surface area (Å²) in [6.45, 7) is 1.09. The SMILES string of the molecule is O=C(Nc1cccc(COc2ccccc2)c1)c1cc2sccc2n1Cc1ccccc1. The third-order valence-corrected chi connectivity index (χ3v) is 6.13. The van der Waals surface area contributed by atoms with Crippen LogP contribution in [0.2, 0.25) is 0 Å². The Bertz CT molecular complexity index is 1340. The van der Waals surface area contributed by atoms with Gasteiger partial charge in [-0.1, -0.05) is 60.7 Å². The lowest BCUT2D eigenvalue weighted by Crippen LogP contribution is -2.17. The number of amides is 1. The van der Waals surface area contributed by atoms with E-state index in [9.17, 15) is 4.79 Å². The number of benzene rings is 3. The number of hydrogen-bond acceptors (Lipinski definition) is 3. The highest BCUT2D eigenvalue weighted by molar-refractivity contribution is 7.17. The van der Waals surface area contributed by atoms with Crippen LogP contribution in [0.3, 0.4) is 0 Å². The molecule has 0 fully saturated rings. The summed E-state index contributed by atoms with van der Waals surface area (Å²) >= 11 is 1.65. The molecule has 0 aliphatic carbocycles. The van der Waals surface area contributed by atoms with E-state index in [2.05, 4.69) is 33.5 Å². The number of para-hydroxylation sites is 1. The van der Waals surface area contributed by atoms with Crippen molar-refractivity contribution in [1.82, 2.24) is 4.57 Å². The lowest BCUT2D eigenvalue weighted by atomic mass is 10.2. The lowest BCUT2D eigenvalue weighted by molar-refractivity contribution is 0.101. The predicted molar refractivity (Wildman–Crippen MR) is 131 cm³/mol. The molecule has 0 atom stereocenters. The number of nitrogens with one attached hydrogen (secondary N) is 1. The Morgan fingerprint density at radius 2 is 1.59 bits per heavy atom. The zero-order valence-electron chi connectivity index (χ0n) is 17.4. The summed E-state index contributed by atoms with van der Waals surface area (Å²) in [5.74, 6) is 0.700. The van der Waals surface area contributed by atoms with Crippen LogP contribution < -0.4 is 10.1 Å². The van der Waals surface area contributed by atoms with Gasteiger partial charge >= 0.3 is 0 Å². The van der Waals surface area contributed by atoms with Crippen LogP contribution >= 0.6 is 11.3 Å². The van der Waals surface area contributed by atoms with Gasteiger partial charge < -0.3 is 14.6 Å². The molecule has 5 heteroatoms. The number of ether oxygens (including phenoxy) is 1. The maximum Gasteiger partial charge on any atom is 0.272 e. The predicted octanol–water partition coefficient (Wildman–Crippen LogP) is 6.58. The van der Waals surface area contributed by atoms with E-state index in [0.29, 0.717) is 18.8 Å². The summed E-state index contributed by atoms with van der Waals surface area (Å²) in [5, 5.41) is 5.12. The molecule has 32 heavy (non-hydrogen) atoms.